The predicted octanol–water partition coefficient (Wildman–Crippen LogP) is 12.4. The Morgan fingerprint density at radius 3 is 1.24 bits per heavy atom. The van der Waals surface area contributed by atoms with Gasteiger partial charge in [-0.1, -0.05) is 159 Å². The van der Waals surface area contributed by atoms with Crippen LogP contribution in [0.1, 0.15) is 188 Å². The highest BCUT2D eigenvalue weighted by atomic mass is 16.6. The summed E-state index contributed by atoms with van der Waals surface area (Å²) in [5, 5.41) is 0. The zero-order chi connectivity index (χ0) is 35.9. The molecule has 0 aliphatic carbocycles. The maximum Gasteiger partial charge on any atom is 0.306 e. The summed E-state index contributed by atoms with van der Waals surface area (Å²) in [6.07, 6.45) is 42.5. The molecule has 0 heterocycles. The fourth-order valence-electron chi connectivity index (χ4n) is 5.31. The molecule has 1 atom stereocenters. The third-order valence-electron chi connectivity index (χ3n) is 8.35. The number of hydrogen-bond acceptors (Lipinski definition) is 6. The minimum atomic E-state index is -0.780. The molecule has 0 fully saturated rings. The number of ether oxygens (including phenoxy) is 3. The van der Waals surface area contributed by atoms with Gasteiger partial charge in [0.2, 0.25) is 0 Å². The number of carbonyl (C=O) groups excluding carboxylic acids is 3. The lowest BCUT2D eigenvalue weighted by Crippen LogP contribution is -2.30. The van der Waals surface area contributed by atoms with Gasteiger partial charge in [0.15, 0.2) is 6.10 Å². The van der Waals surface area contributed by atoms with Crippen LogP contribution in [0.15, 0.2) is 48.6 Å². The summed E-state index contributed by atoms with van der Waals surface area (Å²) < 4.78 is 16.5. The van der Waals surface area contributed by atoms with Crippen molar-refractivity contribution in [2.75, 3.05) is 13.2 Å². The Kier molecular flexibility index (Phi) is 36.1. The molecule has 6 heteroatoms. The van der Waals surface area contributed by atoms with Gasteiger partial charge in [0.25, 0.3) is 0 Å². The van der Waals surface area contributed by atoms with Crippen LogP contribution in [0.2, 0.25) is 0 Å². The van der Waals surface area contributed by atoms with Gasteiger partial charge in [-0.2, -0.15) is 0 Å². The van der Waals surface area contributed by atoms with Crippen LogP contribution in [0, 0.1) is 0 Å². The molecular weight excluding hydrogens is 612 g/mol. The van der Waals surface area contributed by atoms with Gasteiger partial charge < -0.3 is 14.2 Å². The second-order valence-corrected chi connectivity index (χ2v) is 13.2. The molecule has 49 heavy (non-hydrogen) atoms. The van der Waals surface area contributed by atoms with Gasteiger partial charge in [0, 0.05) is 19.3 Å². The third kappa shape index (κ3) is 36.5. The molecule has 0 N–H and O–H groups in total. The largest absolute Gasteiger partial charge is 0.462 e. The van der Waals surface area contributed by atoms with E-state index in [0.717, 1.165) is 83.5 Å². The van der Waals surface area contributed by atoms with E-state index in [9.17, 15) is 14.4 Å². The number of esters is 3. The van der Waals surface area contributed by atoms with E-state index in [1.807, 2.05) is 0 Å². The molecule has 0 saturated heterocycles. The van der Waals surface area contributed by atoms with Crippen molar-refractivity contribution in [3.8, 4) is 0 Å². The van der Waals surface area contributed by atoms with Gasteiger partial charge in [-0.25, -0.2) is 0 Å². The van der Waals surface area contributed by atoms with Crippen LogP contribution in [-0.4, -0.2) is 37.2 Å². The highest BCUT2D eigenvalue weighted by Crippen LogP contribution is 2.13. The van der Waals surface area contributed by atoms with Crippen LogP contribution in [-0.2, 0) is 28.6 Å². The lowest BCUT2D eigenvalue weighted by molar-refractivity contribution is -0.167. The molecule has 0 spiro atoms. The van der Waals surface area contributed by atoms with E-state index in [1.54, 1.807) is 0 Å². The summed E-state index contributed by atoms with van der Waals surface area (Å²) in [6.45, 7) is 6.40. The smallest absolute Gasteiger partial charge is 0.306 e. The minimum Gasteiger partial charge on any atom is -0.462 e. The van der Waals surface area contributed by atoms with Crippen molar-refractivity contribution >= 4 is 17.9 Å². The van der Waals surface area contributed by atoms with Gasteiger partial charge >= 0.3 is 17.9 Å². The van der Waals surface area contributed by atoms with Gasteiger partial charge in [0.05, 0.1) is 0 Å². The Morgan fingerprint density at radius 1 is 0.429 bits per heavy atom. The van der Waals surface area contributed by atoms with Crippen LogP contribution < -0.4 is 0 Å². The average molecular weight is 687 g/mol. The van der Waals surface area contributed by atoms with Gasteiger partial charge in [-0.15, -0.1) is 0 Å². The predicted molar refractivity (Wildman–Crippen MR) is 205 cm³/mol. The summed E-state index contributed by atoms with van der Waals surface area (Å²) in [5.41, 5.74) is 0. The first kappa shape index (κ1) is 46.4. The van der Waals surface area contributed by atoms with Gasteiger partial charge in [-0.05, 0) is 57.8 Å². The van der Waals surface area contributed by atoms with Crippen LogP contribution in [0.25, 0.3) is 0 Å². The molecule has 282 valence electrons. The molecule has 0 bridgehead atoms. The van der Waals surface area contributed by atoms with Crippen molar-refractivity contribution in [3.63, 3.8) is 0 Å². The molecule has 1 unspecified atom stereocenters. The molecule has 0 rings (SSSR count). The first-order valence-corrected chi connectivity index (χ1v) is 20.1. The number of rotatable bonds is 35. The Balaban J connectivity index is 4.39. The lowest BCUT2D eigenvalue weighted by Gasteiger charge is -2.18. The second kappa shape index (κ2) is 38.2. The van der Waals surface area contributed by atoms with Crippen molar-refractivity contribution in [3.05, 3.63) is 48.6 Å². The SMILES string of the molecule is CC/C=C\C/C=C\C/C=C\C/C=C\CCCCC(=O)OCC(COC(=O)CCCCCCCCCC)OC(=O)CCCCCCCCCC. The molecule has 0 saturated carbocycles. The minimum absolute atomic E-state index is 0.0852. The molecule has 0 aliphatic heterocycles. The molecule has 0 radical (unpaired) electrons. The Hall–Kier alpha value is -2.63. The summed E-state index contributed by atoms with van der Waals surface area (Å²) in [4.78, 5) is 37.4. The van der Waals surface area contributed by atoms with Crippen molar-refractivity contribution in [2.24, 2.45) is 0 Å². The molecule has 0 amide bonds. The molecule has 0 aromatic carbocycles. The quantitative estimate of drug-likeness (QED) is 0.0286. The Bertz CT molecular complexity index is 887. The van der Waals surface area contributed by atoms with Crippen LogP contribution in [0.4, 0.5) is 0 Å². The fraction of sp³-hybridized carbons (Fsp3) is 0.744. The molecule has 6 nitrogen and oxygen atoms in total. The van der Waals surface area contributed by atoms with Crippen molar-refractivity contribution in [1.29, 1.82) is 0 Å². The fourth-order valence-corrected chi connectivity index (χ4v) is 5.31. The standard InChI is InChI=1S/C43H74O6/c1-4-7-10-13-16-19-20-21-22-23-24-25-28-30-33-36-42(45)48-39-40(49-43(46)37-34-31-27-18-15-12-9-6-3)38-47-41(44)35-32-29-26-17-14-11-8-5-2/h7,10,16,19,21-22,24-25,40H,4-6,8-9,11-15,17-18,20,23,26-39H2,1-3H3/b10-7-,19-16-,22-21-,25-24-. The summed E-state index contributed by atoms with van der Waals surface area (Å²) in [6, 6.07) is 0. The first-order valence-electron chi connectivity index (χ1n) is 20.1. The molecule has 0 aromatic rings. The Morgan fingerprint density at radius 2 is 0.796 bits per heavy atom. The van der Waals surface area contributed by atoms with Gasteiger partial charge in [0.1, 0.15) is 13.2 Å². The first-order chi connectivity index (χ1) is 24.0. The highest BCUT2D eigenvalue weighted by Gasteiger charge is 2.19. The molecule has 0 aromatic heterocycles. The van der Waals surface area contributed by atoms with Gasteiger partial charge in [-0.3, -0.25) is 14.4 Å². The molecular formula is C43H74O6. The van der Waals surface area contributed by atoms with Crippen LogP contribution in [0.5, 0.6) is 0 Å². The monoisotopic (exact) mass is 687 g/mol. The normalized spacial score (nSPS) is 12.5. The summed E-state index contributed by atoms with van der Waals surface area (Å²) in [5.74, 6) is -0.944. The maximum atomic E-state index is 12.6. The van der Waals surface area contributed by atoms with E-state index in [0.29, 0.717) is 19.3 Å². The molecule has 0 aliphatic rings. The van der Waals surface area contributed by atoms with E-state index < -0.39 is 6.10 Å². The Labute approximate surface area is 301 Å². The topological polar surface area (TPSA) is 78.9 Å². The number of unbranched alkanes of at least 4 members (excludes halogenated alkanes) is 16. The van der Waals surface area contributed by atoms with Crippen molar-refractivity contribution in [2.45, 2.75) is 194 Å². The van der Waals surface area contributed by atoms with E-state index >= 15 is 0 Å². The summed E-state index contributed by atoms with van der Waals surface area (Å²) in [7, 11) is 0. The second-order valence-electron chi connectivity index (χ2n) is 13.2. The zero-order valence-electron chi connectivity index (χ0n) is 31.9. The number of allylic oxidation sites excluding steroid dienone is 8. The van der Waals surface area contributed by atoms with E-state index in [1.165, 1.54) is 64.2 Å². The van der Waals surface area contributed by atoms with E-state index in [2.05, 4.69) is 69.4 Å². The zero-order valence-corrected chi connectivity index (χ0v) is 31.9. The number of carbonyl (C=O) groups is 3. The van der Waals surface area contributed by atoms with E-state index in [4.69, 9.17) is 14.2 Å². The van der Waals surface area contributed by atoms with E-state index in [-0.39, 0.29) is 31.1 Å². The average Bonchev–Trinajstić information content (AvgIpc) is 3.10. The van der Waals surface area contributed by atoms with Crippen molar-refractivity contribution in [1.82, 2.24) is 0 Å². The highest BCUT2D eigenvalue weighted by molar-refractivity contribution is 5.71. The van der Waals surface area contributed by atoms with Crippen LogP contribution >= 0.6 is 0 Å². The van der Waals surface area contributed by atoms with Crippen molar-refractivity contribution < 1.29 is 28.6 Å². The number of hydrogen-bond donors (Lipinski definition) is 0. The summed E-state index contributed by atoms with van der Waals surface area (Å²) >= 11 is 0. The lowest BCUT2D eigenvalue weighted by atomic mass is 10.1. The third-order valence-corrected chi connectivity index (χ3v) is 8.35. The van der Waals surface area contributed by atoms with Crippen LogP contribution in [0.3, 0.4) is 0 Å². The maximum absolute atomic E-state index is 12.6.